The maximum absolute atomic E-state index is 12.3. The summed E-state index contributed by atoms with van der Waals surface area (Å²) in [6.07, 6.45) is 3.99. The summed E-state index contributed by atoms with van der Waals surface area (Å²) in [6, 6.07) is 9.96. The monoisotopic (exact) mass is 343 g/mol. The van der Waals surface area contributed by atoms with Crippen LogP contribution in [0.1, 0.15) is 34.1 Å². The first-order valence-electron chi connectivity index (χ1n) is 8.58. The smallest absolute Gasteiger partial charge is 0.410 e. The third kappa shape index (κ3) is 4.32. The summed E-state index contributed by atoms with van der Waals surface area (Å²) >= 11 is 0. The van der Waals surface area contributed by atoms with E-state index in [4.69, 9.17) is 9.47 Å². The van der Waals surface area contributed by atoms with Gasteiger partial charge < -0.3 is 14.4 Å². The van der Waals surface area contributed by atoms with Gasteiger partial charge in [-0.3, -0.25) is 0 Å². The van der Waals surface area contributed by atoms with E-state index in [1.54, 1.807) is 15.8 Å². The van der Waals surface area contributed by atoms with E-state index in [-0.39, 0.29) is 18.2 Å². The molecule has 2 aromatic rings. The second kappa shape index (κ2) is 6.78. The number of ether oxygens (including phenoxy) is 2. The van der Waals surface area contributed by atoms with Crippen LogP contribution in [0.2, 0.25) is 0 Å². The molecule has 0 saturated carbocycles. The minimum Gasteiger partial charge on any atom is -0.485 e. The molecule has 1 aliphatic rings. The predicted molar refractivity (Wildman–Crippen MR) is 95.0 cm³/mol. The molecule has 1 aromatic heterocycles. The first-order chi connectivity index (χ1) is 11.8. The van der Waals surface area contributed by atoms with E-state index in [0.717, 1.165) is 12.1 Å². The molecule has 134 valence electrons. The Balaban J connectivity index is 1.61. The topological polar surface area (TPSA) is 56.6 Å². The zero-order valence-corrected chi connectivity index (χ0v) is 15.2. The van der Waals surface area contributed by atoms with Crippen LogP contribution in [0.5, 0.6) is 5.75 Å². The Hall–Kier alpha value is -2.50. The predicted octanol–water partition coefficient (Wildman–Crippen LogP) is 3.65. The van der Waals surface area contributed by atoms with E-state index in [2.05, 4.69) is 5.10 Å². The molecule has 2 atom stereocenters. The van der Waals surface area contributed by atoms with Crippen molar-refractivity contribution in [2.24, 2.45) is 0 Å². The maximum atomic E-state index is 12.3. The van der Waals surface area contributed by atoms with Crippen LogP contribution >= 0.6 is 0 Å². The zero-order valence-electron chi connectivity index (χ0n) is 15.2. The van der Waals surface area contributed by atoms with Crippen LogP contribution in [0.25, 0.3) is 5.69 Å². The number of rotatable bonds is 3. The number of para-hydroxylation sites is 1. The van der Waals surface area contributed by atoms with E-state index in [1.807, 2.05) is 64.2 Å². The first-order valence-corrected chi connectivity index (χ1v) is 8.58. The number of benzene rings is 1. The molecule has 0 aliphatic carbocycles. The van der Waals surface area contributed by atoms with Gasteiger partial charge in [-0.25, -0.2) is 9.48 Å². The minimum atomic E-state index is -0.493. The molecule has 1 saturated heterocycles. The number of aromatic nitrogens is 2. The molecule has 1 aliphatic heterocycles. The highest BCUT2D eigenvalue weighted by atomic mass is 16.6. The molecular formula is C19H25N3O3. The van der Waals surface area contributed by atoms with Gasteiger partial charge in [0.25, 0.3) is 0 Å². The molecule has 2 heterocycles. The Morgan fingerprint density at radius 2 is 1.96 bits per heavy atom. The van der Waals surface area contributed by atoms with Gasteiger partial charge in [-0.05, 0) is 39.8 Å². The van der Waals surface area contributed by atoms with E-state index < -0.39 is 5.60 Å². The van der Waals surface area contributed by atoms with Gasteiger partial charge in [0.15, 0.2) is 5.75 Å². The van der Waals surface area contributed by atoms with Crippen LogP contribution in [0, 0.1) is 0 Å². The number of hydrogen-bond donors (Lipinski definition) is 0. The van der Waals surface area contributed by atoms with Crippen LogP contribution in [0.3, 0.4) is 0 Å². The fourth-order valence-electron chi connectivity index (χ4n) is 2.92. The van der Waals surface area contributed by atoms with Gasteiger partial charge in [-0.1, -0.05) is 18.2 Å². The summed E-state index contributed by atoms with van der Waals surface area (Å²) in [7, 11) is 0. The third-order valence-electron chi connectivity index (χ3n) is 4.05. The number of likely N-dealkylation sites (tertiary alicyclic amines) is 1. The van der Waals surface area contributed by atoms with E-state index >= 15 is 0 Å². The van der Waals surface area contributed by atoms with Crippen LogP contribution in [-0.4, -0.2) is 45.1 Å². The summed E-state index contributed by atoms with van der Waals surface area (Å²) < 4.78 is 13.3. The molecule has 25 heavy (non-hydrogen) atoms. The number of nitrogens with zero attached hydrogens (tertiary/aromatic N) is 3. The summed E-state index contributed by atoms with van der Waals surface area (Å²) in [6.45, 7) is 8.15. The van der Waals surface area contributed by atoms with Crippen molar-refractivity contribution in [2.45, 2.75) is 51.9 Å². The molecule has 0 N–H and O–H groups in total. The van der Waals surface area contributed by atoms with Crippen molar-refractivity contribution in [2.75, 3.05) is 6.54 Å². The normalized spacial score (nSPS) is 20.6. The van der Waals surface area contributed by atoms with Crippen molar-refractivity contribution in [3.63, 3.8) is 0 Å². The van der Waals surface area contributed by atoms with E-state index in [0.29, 0.717) is 12.3 Å². The van der Waals surface area contributed by atoms with Crippen LogP contribution in [0.4, 0.5) is 4.79 Å². The van der Waals surface area contributed by atoms with Gasteiger partial charge in [-0.2, -0.15) is 5.10 Å². The quantitative estimate of drug-likeness (QED) is 0.853. The first kappa shape index (κ1) is 17.3. The molecule has 0 unspecified atom stereocenters. The van der Waals surface area contributed by atoms with Crippen molar-refractivity contribution in [1.82, 2.24) is 14.7 Å². The third-order valence-corrected chi connectivity index (χ3v) is 4.05. The lowest BCUT2D eigenvalue weighted by atomic mass is 10.2. The van der Waals surface area contributed by atoms with Gasteiger partial charge in [0.2, 0.25) is 0 Å². The van der Waals surface area contributed by atoms with Crippen LogP contribution < -0.4 is 4.74 Å². The van der Waals surface area contributed by atoms with E-state index in [1.165, 1.54) is 0 Å². The number of amides is 1. The molecule has 1 fully saturated rings. The van der Waals surface area contributed by atoms with E-state index in [9.17, 15) is 4.79 Å². The second-order valence-electron chi connectivity index (χ2n) is 7.41. The average molecular weight is 343 g/mol. The Labute approximate surface area is 148 Å². The molecule has 3 rings (SSSR count). The highest BCUT2D eigenvalue weighted by Crippen LogP contribution is 2.25. The largest absolute Gasteiger partial charge is 0.485 e. The SMILES string of the molecule is C[C@H]1C[C@@H](Oc2cnn(-c3ccccc3)c2)CN1C(=O)OC(C)(C)C. The number of carbonyl (C=O) groups is 1. The van der Waals surface area contributed by atoms with Gasteiger partial charge in [0.1, 0.15) is 11.7 Å². The number of hydrogen-bond acceptors (Lipinski definition) is 4. The molecule has 1 aromatic carbocycles. The molecular weight excluding hydrogens is 318 g/mol. The van der Waals surface area contributed by atoms with Crippen molar-refractivity contribution < 1.29 is 14.3 Å². The summed E-state index contributed by atoms with van der Waals surface area (Å²) in [5.74, 6) is 0.701. The molecule has 1 amide bonds. The fraction of sp³-hybridized carbons (Fsp3) is 0.474. The average Bonchev–Trinajstić information content (AvgIpc) is 3.14. The molecule has 0 spiro atoms. The van der Waals surface area contributed by atoms with Crippen LogP contribution in [0.15, 0.2) is 42.7 Å². The molecule has 6 nitrogen and oxygen atoms in total. The summed E-state index contributed by atoms with van der Waals surface area (Å²) in [5.41, 5.74) is 0.486. The summed E-state index contributed by atoms with van der Waals surface area (Å²) in [5, 5.41) is 4.34. The minimum absolute atomic E-state index is 0.0593. The van der Waals surface area contributed by atoms with Crippen molar-refractivity contribution >= 4 is 6.09 Å². The fourth-order valence-corrected chi connectivity index (χ4v) is 2.92. The Morgan fingerprint density at radius 1 is 1.24 bits per heavy atom. The Morgan fingerprint density at radius 3 is 2.64 bits per heavy atom. The summed E-state index contributed by atoms with van der Waals surface area (Å²) in [4.78, 5) is 14.0. The number of carbonyl (C=O) groups excluding carboxylic acids is 1. The highest BCUT2D eigenvalue weighted by Gasteiger charge is 2.36. The lowest BCUT2D eigenvalue weighted by Gasteiger charge is -2.26. The van der Waals surface area contributed by atoms with Crippen molar-refractivity contribution in [3.8, 4) is 11.4 Å². The highest BCUT2D eigenvalue weighted by molar-refractivity contribution is 5.69. The second-order valence-corrected chi connectivity index (χ2v) is 7.41. The lowest BCUT2D eigenvalue weighted by Crippen LogP contribution is -2.39. The molecule has 0 bridgehead atoms. The standard InChI is InChI=1S/C19H25N3O3/c1-14-10-16(12-21(14)18(23)25-19(2,3)4)24-17-11-20-22(13-17)15-8-6-5-7-9-15/h5-9,11,13-14,16H,10,12H2,1-4H3/t14-,16+/m0/s1. The Kier molecular flexibility index (Phi) is 4.70. The van der Waals surface area contributed by atoms with Crippen molar-refractivity contribution in [3.05, 3.63) is 42.7 Å². The zero-order chi connectivity index (χ0) is 18.0. The van der Waals surface area contributed by atoms with Gasteiger partial charge in [0, 0.05) is 12.5 Å². The van der Waals surface area contributed by atoms with Crippen molar-refractivity contribution in [1.29, 1.82) is 0 Å². The van der Waals surface area contributed by atoms with Gasteiger partial charge in [0.05, 0.1) is 24.6 Å². The van der Waals surface area contributed by atoms with Gasteiger partial charge in [-0.15, -0.1) is 0 Å². The Bertz CT molecular complexity index is 721. The molecule has 6 heteroatoms. The maximum Gasteiger partial charge on any atom is 0.410 e. The lowest BCUT2D eigenvalue weighted by molar-refractivity contribution is 0.0224. The molecule has 0 radical (unpaired) electrons. The van der Waals surface area contributed by atoms with Crippen LogP contribution in [-0.2, 0) is 4.74 Å². The van der Waals surface area contributed by atoms with Gasteiger partial charge >= 0.3 is 6.09 Å².